The lowest BCUT2D eigenvalue weighted by Crippen LogP contribution is -2.27. The van der Waals surface area contributed by atoms with Crippen LogP contribution in [-0.4, -0.2) is 37.0 Å². The summed E-state index contributed by atoms with van der Waals surface area (Å²) in [6, 6.07) is 20.0. The third-order valence-electron chi connectivity index (χ3n) is 4.68. The van der Waals surface area contributed by atoms with Gasteiger partial charge < -0.3 is 19.7 Å². The summed E-state index contributed by atoms with van der Waals surface area (Å²) in [7, 11) is 1.69. The molecular weight excluding hydrogens is 423 g/mol. The number of carbonyl (C=O) groups is 2. The third-order valence-corrected chi connectivity index (χ3v) is 4.68. The molecule has 33 heavy (non-hydrogen) atoms. The van der Waals surface area contributed by atoms with E-state index in [1.54, 1.807) is 48.4 Å². The van der Waals surface area contributed by atoms with Gasteiger partial charge in [0, 0.05) is 13.6 Å². The zero-order chi connectivity index (χ0) is 23.6. The molecule has 0 aliphatic rings. The number of ether oxygens (including phenoxy) is 2. The Morgan fingerprint density at radius 1 is 1.00 bits per heavy atom. The molecule has 0 saturated heterocycles. The summed E-state index contributed by atoms with van der Waals surface area (Å²) in [4.78, 5) is 26.7. The fourth-order valence-corrected chi connectivity index (χ4v) is 3.06. The molecule has 3 aromatic rings. The quantitative estimate of drug-likeness (QED) is 0.458. The fourth-order valence-electron chi connectivity index (χ4n) is 3.06. The molecule has 6 nitrogen and oxygen atoms in total. The van der Waals surface area contributed by atoms with Crippen LogP contribution in [-0.2, 0) is 11.3 Å². The molecule has 0 spiro atoms. The minimum absolute atomic E-state index is 0.0658. The molecule has 170 valence electrons. The van der Waals surface area contributed by atoms with Crippen molar-refractivity contribution in [3.8, 4) is 11.5 Å². The van der Waals surface area contributed by atoms with E-state index in [-0.39, 0.29) is 24.0 Å². The van der Waals surface area contributed by atoms with Crippen LogP contribution in [0.2, 0.25) is 0 Å². The summed E-state index contributed by atoms with van der Waals surface area (Å²) in [5.41, 5.74) is 1.32. The van der Waals surface area contributed by atoms with Crippen molar-refractivity contribution in [3.63, 3.8) is 0 Å². The van der Waals surface area contributed by atoms with Crippen molar-refractivity contribution < 1.29 is 23.5 Å². The van der Waals surface area contributed by atoms with Crippen molar-refractivity contribution in [1.29, 1.82) is 0 Å². The Morgan fingerprint density at radius 3 is 2.42 bits per heavy atom. The highest BCUT2D eigenvalue weighted by molar-refractivity contribution is 5.97. The molecule has 1 N–H and O–H groups in total. The maximum atomic E-state index is 13.7. The van der Waals surface area contributed by atoms with Gasteiger partial charge in [-0.05, 0) is 42.0 Å². The first-order valence-electron chi connectivity index (χ1n) is 10.3. The van der Waals surface area contributed by atoms with Crippen LogP contribution in [0.4, 0.5) is 10.1 Å². The molecule has 3 rings (SSSR count). The van der Waals surface area contributed by atoms with Gasteiger partial charge in [0.2, 0.25) is 0 Å². The van der Waals surface area contributed by atoms with Crippen molar-refractivity contribution in [1.82, 2.24) is 4.90 Å². The number of hydrogen-bond donors (Lipinski definition) is 1. The molecular formula is C26H25FN2O4. The van der Waals surface area contributed by atoms with Gasteiger partial charge in [-0.25, -0.2) is 4.39 Å². The third kappa shape index (κ3) is 6.67. The molecule has 0 heterocycles. The summed E-state index contributed by atoms with van der Waals surface area (Å²) in [6.45, 7) is 4.05. The fraction of sp³-hybridized carbons (Fsp3) is 0.154. The van der Waals surface area contributed by atoms with Crippen molar-refractivity contribution >= 4 is 17.5 Å². The Labute approximate surface area is 192 Å². The van der Waals surface area contributed by atoms with E-state index in [1.165, 1.54) is 18.2 Å². The molecule has 0 fully saturated rings. The summed E-state index contributed by atoms with van der Waals surface area (Å²) in [5, 5.41) is 2.45. The predicted octanol–water partition coefficient (Wildman–Crippen LogP) is 4.68. The van der Waals surface area contributed by atoms with Gasteiger partial charge in [0.25, 0.3) is 11.8 Å². The maximum Gasteiger partial charge on any atom is 0.262 e. The number of carbonyl (C=O) groups excluding carboxylic acids is 2. The number of nitrogens with zero attached hydrogens (tertiary/aromatic N) is 1. The van der Waals surface area contributed by atoms with Crippen LogP contribution in [0.25, 0.3) is 0 Å². The van der Waals surface area contributed by atoms with Crippen LogP contribution in [0.5, 0.6) is 11.5 Å². The molecule has 0 saturated carbocycles. The maximum absolute atomic E-state index is 13.7. The Balaban J connectivity index is 1.61. The second-order valence-electron chi connectivity index (χ2n) is 7.22. The average Bonchev–Trinajstić information content (AvgIpc) is 2.83. The van der Waals surface area contributed by atoms with Gasteiger partial charge in [0.1, 0.15) is 23.9 Å². The lowest BCUT2D eigenvalue weighted by Gasteiger charge is -2.19. The van der Waals surface area contributed by atoms with E-state index in [0.29, 0.717) is 18.7 Å². The molecule has 0 radical (unpaired) electrons. The standard InChI is InChI=1S/C26H25FN2O4/c1-3-16-32-20-14-12-19(13-15-20)17-29(2)26(31)21-8-4-7-11-24(21)33-18-25(30)28-23-10-6-5-9-22(23)27/h3-15H,1,16-18H2,2H3,(H,28,30). The van der Waals surface area contributed by atoms with Crippen molar-refractivity contribution in [2.24, 2.45) is 0 Å². The number of hydrogen-bond acceptors (Lipinski definition) is 4. The van der Waals surface area contributed by atoms with E-state index in [1.807, 2.05) is 24.3 Å². The molecule has 7 heteroatoms. The second-order valence-corrected chi connectivity index (χ2v) is 7.22. The number of benzene rings is 3. The minimum atomic E-state index is -0.539. The number of amides is 2. The lowest BCUT2D eigenvalue weighted by atomic mass is 10.1. The van der Waals surface area contributed by atoms with Crippen LogP contribution in [0.1, 0.15) is 15.9 Å². The Kier molecular flexibility index (Phi) is 8.18. The average molecular weight is 448 g/mol. The summed E-state index contributed by atoms with van der Waals surface area (Å²) in [5.74, 6) is -0.337. The first kappa shape index (κ1) is 23.5. The van der Waals surface area contributed by atoms with Crippen LogP contribution >= 0.6 is 0 Å². The smallest absolute Gasteiger partial charge is 0.262 e. The summed E-state index contributed by atoms with van der Waals surface area (Å²) >= 11 is 0. The van der Waals surface area contributed by atoms with Gasteiger partial charge in [-0.1, -0.05) is 49.1 Å². The minimum Gasteiger partial charge on any atom is -0.490 e. The number of rotatable bonds is 10. The molecule has 0 aliphatic heterocycles. The van der Waals surface area contributed by atoms with Crippen LogP contribution in [0.3, 0.4) is 0 Å². The van der Waals surface area contributed by atoms with Crippen LogP contribution in [0, 0.1) is 5.82 Å². The SMILES string of the molecule is C=CCOc1ccc(CN(C)C(=O)c2ccccc2OCC(=O)Nc2ccccc2F)cc1. The van der Waals surface area contributed by atoms with E-state index in [2.05, 4.69) is 11.9 Å². The molecule has 3 aromatic carbocycles. The zero-order valence-electron chi connectivity index (χ0n) is 18.3. The highest BCUT2D eigenvalue weighted by Gasteiger charge is 2.18. The van der Waals surface area contributed by atoms with Crippen molar-refractivity contribution in [2.45, 2.75) is 6.54 Å². The number of para-hydroxylation sites is 2. The van der Waals surface area contributed by atoms with Gasteiger partial charge in [-0.15, -0.1) is 0 Å². The molecule has 0 aliphatic carbocycles. The van der Waals surface area contributed by atoms with E-state index in [0.717, 1.165) is 11.3 Å². The molecule has 0 atom stereocenters. The van der Waals surface area contributed by atoms with E-state index in [4.69, 9.17) is 9.47 Å². The monoisotopic (exact) mass is 448 g/mol. The lowest BCUT2D eigenvalue weighted by molar-refractivity contribution is -0.118. The number of nitrogens with one attached hydrogen (secondary N) is 1. The largest absolute Gasteiger partial charge is 0.490 e. The molecule has 2 amide bonds. The first-order chi connectivity index (χ1) is 16.0. The molecule has 0 aromatic heterocycles. The molecule has 0 bridgehead atoms. The van der Waals surface area contributed by atoms with Gasteiger partial charge in [-0.2, -0.15) is 0 Å². The summed E-state index contributed by atoms with van der Waals surface area (Å²) in [6.07, 6.45) is 1.67. The highest BCUT2D eigenvalue weighted by Crippen LogP contribution is 2.21. The number of anilines is 1. The normalized spacial score (nSPS) is 10.2. The van der Waals surface area contributed by atoms with Gasteiger partial charge in [-0.3, -0.25) is 9.59 Å². The van der Waals surface area contributed by atoms with E-state index in [9.17, 15) is 14.0 Å². The van der Waals surface area contributed by atoms with Crippen LogP contribution < -0.4 is 14.8 Å². The van der Waals surface area contributed by atoms with Gasteiger partial charge in [0.05, 0.1) is 11.3 Å². The summed E-state index contributed by atoms with van der Waals surface area (Å²) < 4.78 is 24.8. The Bertz CT molecular complexity index is 1120. The van der Waals surface area contributed by atoms with Gasteiger partial charge in [0.15, 0.2) is 6.61 Å². The topological polar surface area (TPSA) is 67.9 Å². The highest BCUT2D eigenvalue weighted by atomic mass is 19.1. The van der Waals surface area contributed by atoms with Gasteiger partial charge >= 0.3 is 0 Å². The first-order valence-corrected chi connectivity index (χ1v) is 10.3. The number of halogens is 1. The van der Waals surface area contributed by atoms with E-state index >= 15 is 0 Å². The Hall–Kier alpha value is -4.13. The predicted molar refractivity (Wildman–Crippen MR) is 125 cm³/mol. The second kappa shape index (κ2) is 11.5. The van der Waals surface area contributed by atoms with Crippen molar-refractivity contribution in [3.05, 3.63) is 102 Å². The van der Waals surface area contributed by atoms with Crippen molar-refractivity contribution in [2.75, 3.05) is 25.6 Å². The zero-order valence-corrected chi connectivity index (χ0v) is 18.3. The molecule has 0 unspecified atom stereocenters. The Morgan fingerprint density at radius 2 is 1.70 bits per heavy atom. The van der Waals surface area contributed by atoms with Crippen LogP contribution in [0.15, 0.2) is 85.5 Å². The van der Waals surface area contributed by atoms with E-state index < -0.39 is 11.7 Å².